The van der Waals surface area contributed by atoms with Gasteiger partial charge in [-0.05, 0) is 59.1 Å². The molecule has 1 aromatic heterocycles. The van der Waals surface area contributed by atoms with Crippen molar-refractivity contribution in [2.75, 3.05) is 25.5 Å². The van der Waals surface area contributed by atoms with Crippen molar-refractivity contribution >= 4 is 29.6 Å². The fourth-order valence-corrected chi connectivity index (χ4v) is 4.39. The maximum absolute atomic E-state index is 13.6. The van der Waals surface area contributed by atoms with Gasteiger partial charge < -0.3 is 34.9 Å². The first-order valence-electron chi connectivity index (χ1n) is 15.3. The lowest BCUT2D eigenvalue weighted by Crippen LogP contribution is -2.59. The lowest BCUT2D eigenvalue weighted by Gasteiger charge is -2.29. The van der Waals surface area contributed by atoms with Gasteiger partial charge in [0.2, 0.25) is 17.7 Å². The summed E-state index contributed by atoms with van der Waals surface area (Å²) >= 11 is 0. The maximum atomic E-state index is 13.6. The van der Waals surface area contributed by atoms with Crippen LogP contribution in [0.1, 0.15) is 65.1 Å². The Hall–Kier alpha value is -4.71. The van der Waals surface area contributed by atoms with E-state index in [1.54, 1.807) is 43.5 Å². The summed E-state index contributed by atoms with van der Waals surface area (Å²) in [6.45, 7) is 11.1. The minimum Gasteiger partial charge on any atom is -0.444 e. The summed E-state index contributed by atoms with van der Waals surface area (Å²) in [5.41, 5.74) is -0.420. The number of carbonyl (C=O) groups excluding carboxylic acids is 4. The predicted molar refractivity (Wildman–Crippen MR) is 175 cm³/mol. The maximum Gasteiger partial charge on any atom is 0.408 e. The van der Waals surface area contributed by atoms with Crippen molar-refractivity contribution in [2.24, 2.45) is 0 Å². The molecule has 0 radical (unpaired) electrons. The van der Waals surface area contributed by atoms with Gasteiger partial charge in [-0.25, -0.2) is 9.78 Å². The summed E-state index contributed by atoms with van der Waals surface area (Å²) in [6, 6.07) is 17.2. The number of ether oxygens (including phenoxy) is 2. The number of imidazole rings is 1. The van der Waals surface area contributed by atoms with Crippen LogP contribution >= 0.6 is 0 Å². The van der Waals surface area contributed by atoms with Gasteiger partial charge in [0.05, 0.1) is 12.9 Å². The van der Waals surface area contributed by atoms with Crippen molar-refractivity contribution < 1.29 is 28.7 Å². The smallest absolute Gasteiger partial charge is 0.408 e. The topological polar surface area (TPSA) is 144 Å². The van der Waals surface area contributed by atoms with Gasteiger partial charge in [0, 0.05) is 26.4 Å². The highest BCUT2D eigenvalue weighted by molar-refractivity contribution is 5.98. The van der Waals surface area contributed by atoms with E-state index < -0.39 is 41.1 Å². The molecule has 12 heteroatoms. The number of nitrogens with zero attached hydrogens (tertiary/aromatic N) is 3. The number of alkyl carbamates (subject to hydrolysis) is 1. The summed E-state index contributed by atoms with van der Waals surface area (Å²) in [5, 5.41) is 8.07. The molecule has 4 amide bonds. The molecule has 0 saturated heterocycles. The number of rotatable bonds is 14. The van der Waals surface area contributed by atoms with Gasteiger partial charge in [-0.2, -0.15) is 0 Å². The van der Waals surface area contributed by atoms with E-state index in [9.17, 15) is 19.2 Å². The fourth-order valence-electron chi connectivity index (χ4n) is 4.39. The molecule has 248 valence electrons. The average molecular weight is 635 g/mol. The van der Waals surface area contributed by atoms with Crippen molar-refractivity contribution in [3.8, 4) is 0 Å². The van der Waals surface area contributed by atoms with Gasteiger partial charge in [0.25, 0.3) is 0 Å². The number of carbonyl (C=O) groups is 4. The molecule has 0 spiro atoms. The molecule has 0 aliphatic heterocycles. The Morgan fingerprint density at radius 2 is 1.59 bits per heavy atom. The molecule has 3 rings (SSSR count). The number of likely N-dealkylation sites (N-methyl/N-ethyl adjacent to an activating group) is 1. The second kappa shape index (κ2) is 16.0. The first-order chi connectivity index (χ1) is 21.7. The van der Waals surface area contributed by atoms with Crippen LogP contribution in [0.15, 0.2) is 73.2 Å². The molecular formula is C34H46N6O6. The lowest BCUT2D eigenvalue weighted by molar-refractivity contribution is -0.132. The Balaban J connectivity index is 1.77. The van der Waals surface area contributed by atoms with E-state index in [1.807, 2.05) is 67.6 Å². The van der Waals surface area contributed by atoms with E-state index in [0.717, 1.165) is 11.1 Å². The van der Waals surface area contributed by atoms with Gasteiger partial charge in [-0.3, -0.25) is 14.4 Å². The van der Waals surface area contributed by atoms with Crippen LogP contribution in [0.5, 0.6) is 0 Å². The SMILES string of the molecule is CCN(C)C(=O)C(c1ccccc1)n1cnc(NC(=O)C(CCOCc2ccccc2)NC(=O)C(C)(C)NC(=O)OC(C)(C)C)c1. The number of hydrogen-bond acceptors (Lipinski definition) is 7. The summed E-state index contributed by atoms with van der Waals surface area (Å²) < 4.78 is 12.7. The first kappa shape index (κ1) is 35.8. The van der Waals surface area contributed by atoms with Gasteiger partial charge in [0.15, 0.2) is 5.82 Å². The molecule has 2 atom stereocenters. The van der Waals surface area contributed by atoms with Gasteiger partial charge in [0.1, 0.15) is 23.2 Å². The highest BCUT2D eigenvalue weighted by Crippen LogP contribution is 2.22. The quantitative estimate of drug-likeness (QED) is 0.225. The molecule has 0 fully saturated rings. The largest absolute Gasteiger partial charge is 0.444 e. The number of benzene rings is 2. The third-order valence-electron chi connectivity index (χ3n) is 7.02. The van der Waals surface area contributed by atoms with E-state index in [0.29, 0.717) is 13.2 Å². The second-order valence-corrected chi connectivity index (χ2v) is 12.5. The number of amides is 4. The molecule has 1 heterocycles. The van der Waals surface area contributed by atoms with Crippen LogP contribution in [0.2, 0.25) is 0 Å². The molecule has 2 unspecified atom stereocenters. The summed E-state index contributed by atoms with van der Waals surface area (Å²) in [7, 11) is 1.73. The molecule has 0 saturated carbocycles. The van der Waals surface area contributed by atoms with E-state index in [1.165, 1.54) is 20.2 Å². The van der Waals surface area contributed by atoms with Crippen LogP contribution in [0.4, 0.5) is 10.6 Å². The Morgan fingerprint density at radius 1 is 0.957 bits per heavy atom. The van der Waals surface area contributed by atoms with E-state index in [-0.39, 0.29) is 24.8 Å². The fraction of sp³-hybridized carbons (Fsp3) is 0.441. The summed E-state index contributed by atoms with van der Waals surface area (Å²) in [4.78, 5) is 58.6. The van der Waals surface area contributed by atoms with Crippen LogP contribution in [-0.4, -0.2) is 75.6 Å². The van der Waals surface area contributed by atoms with Crippen LogP contribution in [-0.2, 0) is 30.5 Å². The van der Waals surface area contributed by atoms with E-state index in [2.05, 4.69) is 20.9 Å². The third kappa shape index (κ3) is 10.7. The lowest BCUT2D eigenvalue weighted by atomic mass is 10.0. The van der Waals surface area contributed by atoms with Crippen molar-refractivity contribution in [1.29, 1.82) is 0 Å². The van der Waals surface area contributed by atoms with Crippen molar-refractivity contribution in [1.82, 2.24) is 25.1 Å². The van der Waals surface area contributed by atoms with Crippen molar-refractivity contribution in [2.45, 2.75) is 77.8 Å². The molecule has 0 aliphatic rings. The molecule has 46 heavy (non-hydrogen) atoms. The van der Waals surface area contributed by atoms with E-state index in [4.69, 9.17) is 9.47 Å². The van der Waals surface area contributed by atoms with Crippen molar-refractivity contribution in [3.05, 3.63) is 84.3 Å². The van der Waals surface area contributed by atoms with Crippen LogP contribution in [0.25, 0.3) is 0 Å². The highest BCUT2D eigenvalue weighted by Gasteiger charge is 2.34. The van der Waals surface area contributed by atoms with Crippen LogP contribution in [0.3, 0.4) is 0 Å². The highest BCUT2D eigenvalue weighted by atomic mass is 16.6. The number of anilines is 1. The predicted octanol–water partition coefficient (Wildman–Crippen LogP) is 4.28. The third-order valence-corrected chi connectivity index (χ3v) is 7.02. The molecule has 0 aliphatic carbocycles. The van der Waals surface area contributed by atoms with Gasteiger partial charge >= 0.3 is 6.09 Å². The van der Waals surface area contributed by atoms with Gasteiger partial charge in [-0.15, -0.1) is 0 Å². The summed E-state index contributed by atoms with van der Waals surface area (Å²) in [5.74, 6) is -1.06. The molecule has 2 aromatic carbocycles. The zero-order chi connectivity index (χ0) is 33.9. The first-order valence-corrected chi connectivity index (χ1v) is 15.3. The Labute approximate surface area is 270 Å². The molecule has 3 N–H and O–H groups in total. The molecule has 12 nitrogen and oxygen atoms in total. The summed E-state index contributed by atoms with van der Waals surface area (Å²) in [6.07, 6.45) is 2.44. The normalized spacial score (nSPS) is 12.8. The molecule has 3 aromatic rings. The standard InChI is InChI=1S/C34H46N6O6/c1-8-39(7)30(42)28(25-17-13-10-14-18-25)40-21-27(35-23-40)37-29(41)26(19-20-45-22-24-15-11-9-12-16-24)36-31(43)34(5,6)38-32(44)46-33(2,3)4/h9-18,21,23,26,28H,8,19-20,22H2,1-7H3,(H,36,43)(H,37,41)(H,38,44). The number of hydrogen-bond donors (Lipinski definition) is 3. The Bertz CT molecular complexity index is 1450. The minimum atomic E-state index is -1.40. The van der Waals surface area contributed by atoms with E-state index >= 15 is 0 Å². The monoisotopic (exact) mass is 634 g/mol. The van der Waals surface area contributed by atoms with Crippen LogP contribution in [0, 0.1) is 0 Å². The van der Waals surface area contributed by atoms with Gasteiger partial charge in [-0.1, -0.05) is 60.7 Å². The zero-order valence-electron chi connectivity index (χ0n) is 27.7. The minimum absolute atomic E-state index is 0.135. The second-order valence-electron chi connectivity index (χ2n) is 12.5. The average Bonchev–Trinajstić information content (AvgIpc) is 3.45. The Morgan fingerprint density at radius 3 is 2.20 bits per heavy atom. The van der Waals surface area contributed by atoms with Crippen molar-refractivity contribution in [3.63, 3.8) is 0 Å². The number of nitrogens with one attached hydrogen (secondary N) is 3. The van der Waals surface area contributed by atoms with Crippen LogP contribution < -0.4 is 16.0 Å². The molecule has 0 bridgehead atoms. The Kier molecular flexibility index (Phi) is 12.5. The molecular weight excluding hydrogens is 588 g/mol. The number of aromatic nitrogens is 2. The zero-order valence-corrected chi connectivity index (χ0v) is 27.7.